The lowest BCUT2D eigenvalue weighted by atomic mass is 9.96. The van der Waals surface area contributed by atoms with Crippen LogP contribution in [0, 0.1) is 5.92 Å². The summed E-state index contributed by atoms with van der Waals surface area (Å²) in [6.07, 6.45) is 2.86. The van der Waals surface area contributed by atoms with Crippen LogP contribution in [0.4, 0.5) is 0 Å². The largest absolute Gasteiger partial charge is 0.459 e. The van der Waals surface area contributed by atoms with Crippen molar-refractivity contribution in [1.82, 2.24) is 10.2 Å². The first kappa shape index (κ1) is 18.9. The molecule has 26 heavy (non-hydrogen) atoms. The third kappa shape index (κ3) is 5.05. The zero-order valence-corrected chi connectivity index (χ0v) is 15.9. The molecule has 1 aromatic heterocycles. The van der Waals surface area contributed by atoms with Gasteiger partial charge in [-0.15, -0.1) is 11.8 Å². The summed E-state index contributed by atoms with van der Waals surface area (Å²) in [6.45, 7) is 1.78. The zero-order chi connectivity index (χ0) is 18.4. The molecule has 7 heteroatoms. The first-order chi connectivity index (χ1) is 12.6. The maximum absolute atomic E-state index is 12.3. The van der Waals surface area contributed by atoms with Crippen molar-refractivity contribution in [3.05, 3.63) is 53.4 Å². The number of hydrogen-bond donors (Lipinski definition) is 1. The van der Waals surface area contributed by atoms with E-state index in [2.05, 4.69) is 5.32 Å². The highest BCUT2D eigenvalue weighted by molar-refractivity contribution is 7.99. The van der Waals surface area contributed by atoms with Crippen LogP contribution < -0.4 is 5.32 Å². The van der Waals surface area contributed by atoms with Gasteiger partial charge in [0.2, 0.25) is 5.91 Å². The van der Waals surface area contributed by atoms with Gasteiger partial charge in [0.1, 0.15) is 0 Å². The SMILES string of the molecule is O=C(NCCSc1ccc(Cl)cc1)C1CCN(C(=O)c2ccco2)CC1. The first-order valence-electron chi connectivity index (χ1n) is 8.62. The van der Waals surface area contributed by atoms with Crippen molar-refractivity contribution in [3.63, 3.8) is 0 Å². The van der Waals surface area contributed by atoms with E-state index in [1.54, 1.807) is 28.8 Å². The van der Waals surface area contributed by atoms with Crippen LogP contribution in [0.5, 0.6) is 0 Å². The third-order valence-electron chi connectivity index (χ3n) is 4.37. The Morgan fingerprint density at radius 3 is 2.58 bits per heavy atom. The molecular weight excluding hydrogens is 372 g/mol. The van der Waals surface area contributed by atoms with E-state index in [-0.39, 0.29) is 17.7 Å². The van der Waals surface area contributed by atoms with Gasteiger partial charge in [-0.2, -0.15) is 0 Å². The number of benzene rings is 1. The fraction of sp³-hybridized carbons (Fsp3) is 0.368. The molecule has 1 aromatic carbocycles. The predicted octanol–water partition coefficient (Wildman–Crippen LogP) is 3.69. The lowest BCUT2D eigenvalue weighted by Gasteiger charge is -2.30. The molecular formula is C19H21ClN2O3S. The molecule has 0 saturated carbocycles. The van der Waals surface area contributed by atoms with Crippen LogP contribution in [-0.4, -0.2) is 42.1 Å². The van der Waals surface area contributed by atoms with E-state index in [1.165, 1.54) is 6.26 Å². The van der Waals surface area contributed by atoms with Crippen LogP contribution >= 0.6 is 23.4 Å². The van der Waals surface area contributed by atoms with Gasteiger partial charge in [-0.1, -0.05) is 11.6 Å². The second-order valence-corrected chi connectivity index (χ2v) is 7.74. The average molecular weight is 393 g/mol. The molecule has 0 atom stereocenters. The summed E-state index contributed by atoms with van der Waals surface area (Å²) in [5, 5.41) is 3.72. The summed E-state index contributed by atoms with van der Waals surface area (Å²) >= 11 is 7.55. The number of carbonyl (C=O) groups is 2. The van der Waals surface area contributed by atoms with Gasteiger partial charge < -0.3 is 14.6 Å². The lowest BCUT2D eigenvalue weighted by Crippen LogP contribution is -2.43. The maximum Gasteiger partial charge on any atom is 0.289 e. The van der Waals surface area contributed by atoms with Crippen LogP contribution in [0.1, 0.15) is 23.4 Å². The van der Waals surface area contributed by atoms with Crippen molar-refractivity contribution in [2.24, 2.45) is 5.92 Å². The number of nitrogens with zero attached hydrogens (tertiary/aromatic N) is 1. The molecule has 0 spiro atoms. The number of thioether (sulfide) groups is 1. The Morgan fingerprint density at radius 2 is 1.92 bits per heavy atom. The summed E-state index contributed by atoms with van der Waals surface area (Å²) in [6, 6.07) is 11.0. The smallest absolute Gasteiger partial charge is 0.289 e. The number of furan rings is 1. The van der Waals surface area contributed by atoms with Gasteiger partial charge >= 0.3 is 0 Å². The van der Waals surface area contributed by atoms with E-state index in [0.29, 0.717) is 38.2 Å². The van der Waals surface area contributed by atoms with Crippen molar-refractivity contribution in [1.29, 1.82) is 0 Å². The van der Waals surface area contributed by atoms with Gasteiger partial charge in [0.05, 0.1) is 6.26 Å². The second kappa shape index (κ2) is 9.14. The van der Waals surface area contributed by atoms with Crippen LogP contribution in [0.3, 0.4) is 0 Å². The van der Waals surface area contributed by atoms with E-state index in [4.69, 9.17) is 16.0 Å². The summed E-state index contributed by atoms with van der Waals surface area (Å²) < 4.78 is 5.15. The fourth-order valence-corrected chi connectivity index (χ4v) is 3.81. The Labute approximate surface area is 162 Å². The molecule has 0 unspecified atom stereocenters. The molecule has 1 fully saturated rings. The number of rotatable bonds is 6. The molecule has 0 bridgehead atoms. The Kier molecular flexibility index (Phi) is 6.63. The number of halogens is 1. The summed E-state index contributed by atoms with van der Waals surface area (Å²) in [5.74, 6) is 1.10. The number of amides is 2. The molecule has 0 aliphatic carbocycles. The van der Waals surface area contributed by atoms with Crippen molar-refractivity contribution in [2.45, 2.75) is 17.7 Å². The number of piperidine rings is 1. The van der Waals surface area contributed by atoms with Gasteiger partial charge in [0, 0.05) is 41.2 Å². The maximum atomic E-state index is 12.3. The minimum absolute atomic E-state index is 0.0313. The Morgan fingerprint density at radius 1 is 1.19 bits per heavy atom. The van der Waals surface area contributed by atoms with Gasteiger partial charge in [0.25, 0.3) is 5.91 Å². The predicted molar refractivity (Wildman–Crippen MR) is 103 cm³/mol. The lowest BCUT2D eigenvalue weighted by molar-refractivity contribution is -0.126. The molecule has 3 rings (SSSR count). The molecule has 1 N–H and O–H groups in total. The van der Waals surface area contributed by atoms with E-state index >= 15 is 0 Å². The zero-order valence-electron chi connectivity index (χ0n) is 14.3. The van der Waals surface area contributed by atoms with Crippen LogP contribution in [-0.2, 0) is 4.79 Å². The van der Waals surface area contributed by atoms with Gasteiger partial charge in [-0.3, -0.25) is 9.59 Å². The summed E-state index contributed by atoms with van der Waals surface area (Å²) in [4.78, 5) is 27.4. The van der Waals surface area contributed by atoms with E-state index in [1.807, 2.05) is 24.3 Å². The second-order valence-electron chi connectivity index (χ2n) is 6.14. The highest BCUT2D eigenvalue weighted by Crippen LogP contribution is 2.21. The fourth-order valence-electron chi connectivity index (χ4n) is 2.92. The number of likely N-dealkylation sites (tertiary alicyclic amines) is 1. The number of hydrogen-bond acceptors (Lipinski definition) is 4. The molecule has 2 aromatic rings. The quantitative estimate of drug-likeness (QED) is 0.601. The number of nitrogens with one attached hydrogen (secondary N) is 1. The molecule has 1 aliphatic heterocycles. The van der Waals surface area contributed by atoms with E-state index in [9.17, 15) is 9.59 Å². The molecule has 5 nitrogen and oxygen atoms in total. The van der Waals surface area contributed by atoms with Gasteiger partial charge in [-0.25, -0.2) is 0 Å². The minimum Gasteiger partial charge on any atom is -0.459 e. The van der Waals surface area contributed by atoms with Crippen LogP contribution in [0.2, 0.25) is 5.02 Å². The molecule has 138 valence electrons. The van der Waals surface area contributed by atoms with Crippen LogP contribution in [0.15, 0.2) is 52.0 Å². The monoisotopic (exact) mass is 392 g/mol. The molecule has 2 amide bonds. The molecule has 1 aliphatic rings. The van der Waals surface area contributed by atoms with Gasteiger partial charge in [0.15, 0.2) is 5.76 Å². The summed E-state index contributed by atoms with van der Waals surface area (Å²) in [7, 11) is 0. The molecule has 2 heterocycles. The summed E-state index contributed by atoms with van der Waals surface area (Å²) in [5.41, 5.74) is 0. The minimum atomic E-state index is -0.103. The normalized spacial score (nSPS) is 15.0. The topological polar surface area (TPSA) is 62.6 Å². The van der Waals surface area contributed by atoms with Crippen LogP contribution in [0.25, 0.3) is 0 Å². The molecule has 1 saturated heterocycles. The van der Waals surface area contributed by atoms with Crippen molar-refractivity contribution < 1.29 is 14.0 Å². The Balaban J connectivity index is 1.36. The van der Waals surface area contributed by atoms with E-state index in [0.717, 1.165) is 15.7 Å². The average Bonchev–Trinajstić information content (AvgIpc) is 3.21. The molecule has 0 radical (unpaired) electrons. The van der Waals surface area contributed by atoms with Crippen molar-refractivity contribution in [3.8, 4) is 0 Å². The Hall–Kier alpha value is -1.92. The first-order valence-corrected chi connectivity index (χ1v) is 9.98. The Bertz CT molecular complexity index is 726. The number of carbonyl (C=O) groups excluding carboxylic acids is 2. The standard InChI is InChI=1S/C19H21ClN2O3S/c20-15-3-5-16(6-4-15)26-13-9-21-18(23)14-7-10-22(11-8-14)19(24)17-2-1-12-25-17/h1-6,12,14H,7-11,13H2,(H,21,23). The van der Waals surface area contributed by atoms with E-state index < -0.39 is 0 Å². The van der Waals surface area contributed by atoms with Crippen molar-refractivity contribution in [2.75, 3.05) is 25.4 Å². The van der Waals surface area contributed by atoms with Crippen molar-refractivity contribution >= 4 is 35.2 Å². The van der Waals surface area contributed by atoms with Gasteiger partial charge in [-0.05, 0) is 49.2 Å². The highest BCUT2D eigenvalue weighted by atomic mass is 35.5. The highest BCUT2D eigenvalue weighted by Gasteiger charge is 2.28. The third-order valence-corrected chi connectivity index (χ3v) is 5.63.